The van der Waals surface area contributed by atoms with E-state index in [0.29, 0.717) is 6.54 Å². The summed E-state index contributed by atoms with van der Waals surface area (Å²) >= 11 is 6.93. The van der Waals surface area contributed by atoms with Crippen LogP contribution in [0.5, 0.6) is 0 Å². The first-order valence-electron chi connectivity index (χ1n) is 5.96. The molecular weight excluding hydrogens is 370 g/mol. The Hall–Kier alpha value is -0.840. The average molecular weight is 385 g/mol. The van der Waals surface area contributed by atoms with Gasteiger partial charge in [-0.1, -0.05) is 46.3 Å². The van der Waals surface area contributed by atoms with Crippen molar-refractivity contribution in [2.45, 2.75) is 12.5 Å². The normalized spacial score (nSPS) is 13.9. The number of benzene rings is 2. The lowest BCUT2D eigenvalue weighted by atomic mass is 9.96. The summed E-state index contributed by atoms with van der Waals surface area (Å²) in [5, 5.41) is 13.8. The van der Waals surface area contributed by atoms with Crippen LogP contribution in [0.1, 0.15) is 12.5 Å². The number of hydrogen-bond acceptors (Lipinski definition) is 2. The highest BCUT2D eigenvalue weighted by Gasteiger charge is 2.22. The fourth-order valence-electron chi connectivity index (χ4n) is 1.80. The number of aliphatic hydroxyl groups is 1. The maximum atomic E-state index is 10.5. The molecule has 2 N–H and O–H groups in total. The largest absolute Gasteiger partial charge is 0.384 e. The molecule has 0 aliphatic heterocycles. The Morgan fingerprint density at radius 3 is 2.47 bits per heavy atom. The summed E-state index contributed by atoms with van der Waals surface area (Å²) in [7, 11) is 0. The molecule has 0 radical (unpaired) electrons. The summed E-state index contributed by atoms with van der Waals surface area (Å²) in [6.07, 6.45) is 0. The SMILES string of the molecule is CC(O)(CNc1cc(Br)ccc1Br)c1ccccc1. The van der Waals surface area contributed by atoms with Crippen molar-refractivity contribution in [3.05, 3.63) is 63.0 Å². The van der Waals surface area contributed by atoms with Gasteiger partial charge in [-0.05, 0) is 46.6 Å². The highest BCUT2D eigenvalue weighted by molar-refractivity contribution is 9.11. The molecule has 2 rings (SSSR count). The molecule has 0 aliphatic carbocycles. The number of hydrogen-bond donors (Lipinski definition) is 2. The van der Waals surface area contributed by atoms with Crippen LogP contribution in [-0.2, 0) is 5.60 Å². The zero-order valence-corrected chi connectivity index (χ0v) is 13.7. The zero-order chi connectivity index (χ0) is 13.9. The monoisotopic (exact) mass is 383 g/mol. The van der Waals surface area contributed by atoms with Gasteiger partial charge in [0.05, 0.1) is 0 Å². The van der Waals surface area contributed by atoms with Gasteiger partial charge in [0.25, 0.3) is 0 Å². The summed E-state index contributed by atoms with van der Waals surface area (Å²) in [6.45, 7) is 2.24. The summed E-state index contributed by atoms with van der Waals surface area (Å²) in [5.74, 6) is 0. The van der Waals surface area contributed by atoms with Crippen molar-refractivity contribution in [1.29, 1.82) is 0 Å². The van der Waals surface area contributed by atoms with Gasteiger partial charge in [0, 0.05) is 21.2 Å². The fourth-order valence-corrected chi connectivity index (χ4v) is 2.55. The van der Waals surface area contributed by atoms with Crippen LogP contribution in [0.4, 0.5) is 5.69 Å². The summed E-state index contributed by atoms with van der Waals surface area (Å²) in [5.41, 5.74) is 0.933. The number of halogens is 2. The van der Waals surface area contributed by atoms with E-state index >= 15 is 0 Å². The second-order valence-corrected chi connectivity index (χ2v) is 6.39. The summed E-state index contributed by atoms with van der Waals surface area (Å²) < 4.78 is 1.97. The van der Waals surface area contributed by atoms with E-state index in [1.54, 1.807) is 6.92 Å². The van der Waals surface area contributed by atoms with Crippen molar-refractivity contribution < 1.29 is 5.11 Å². The van der Waals surface area contributed by atoms with Gasteiger partial charge in [0.2, 0.25) is 0 Å². The van der Waals surface area contributed by atoms with Crippen LogP contribution in [0, 0.1) is 0 Å². The third-order valence-corrected chi connectivity index (χ3v) is 4.13. The minimum Gasteiger partial charge on any atom is -0.384 e. The van der Waals surface area contributed by atoms with Gasteiger partial charge < -0.3 is 10.4 Å². The van der Waals surface area contributed by atoms with E-state index in [1.165, 1.54) is 0 Å². The van der Waals surface area contributed by atoms with E-state index < -0.39 is 5.60 Å². The Bertz CT molecular complexity index is 555. The molecule has 0 aliphatic rings. The predicted molar refractivity (Wildman–Crippen MR) is 86.3 cm³/mol. The van der Waals surface area contributed by atoms with Gasteiger partial charge in [-0.25, -0.2) is 0 Å². The lowest BCUT2D eigenvalue weighted by Gasteiger charge is -2.25. The lowest BCUT2D eigenvalue weighted by molar-refractivity contribution is 0.0715. The molecule has 4 heteroatoms. The van der Waals surface area contributed by atoms with Crippen LogP contribution in [-0.4, -0.2) is 11.7 Å². The van der Waals surface area contributed by atoms with Crippen LogP contribution in [0.2, 0.25) is 0 Å². The van der Waals surface area contributed by atoms with Crippen LogP contribution >= 0.6 is 31.9 Å². The Morgan fingerprint density at radius 2 is 1.79 bits per heavy atom. The Kier molecular flexibility index (Phi) is 4.66. The van der Waals surface area contributed by atoms with Gasteiger partial charge in [-0.3, -0.25) is 0 Å². The topological polar surface area (TPSA) is 32.3 Å². The molecule has 0 spiro atoms. The van der Waals surface area contributed by atoms with Crippen molar-refractivity contribution in [1.82, 2.24) is 0 Å². The van der Waals surface area contributed by atoms with E-state index in [2.05, 4.69) is 37.2 Å². The fraction of sp³-hybridized carbons (Fsp3) is 0.200. The van der Waals surface area contributed by atoms with Crippen LogP contribution in [0.3, 0.4) is 0 Å². The standard InChI is InChI=1S/C15H15Br2NO/c1-15(19,11-5-3-2-4-6-11)10-18-14-9-12(16)7-8-13(14)17/h2-9,18-19H,10H2,1H3. The highest BCUT2D eigenvalue weighted by Crippen LogP contribution is 2.28. The molecule has 1 atom stereocenters. The van der Waals surface area contributed by atoms with Crippen molar-refractivity contribution in [2.75, 3.05) is 11.9 Å². The number of anilines is 1. The molecule has 100 valence electrons. The van der Waals surface area contributed by atoms with Gasteiger partial charge in [0.15, 0.2) is 0 Å². The van der Waals surface area contributed by atoms with Gasteiger partial charge in [-0.2, -0.15) is 0 Å². The van der Waals surface area contributed by atoms with Crippen LogP contribution < -0.4 is 5.32 Å². The summed E-state index contributed by atoms with van der Waals surface area (Å²) in [4.78, 5) is 0. The van der Waals surface area contributed by atoms with Crippen molar-refractivity contribution in [2.24, 2.45) is 0 Å². The lowest BCUT2D eigenvalue weighted by Crippen LogP contribution is -2.30. The van der Waals surface area contributed by atoms with Crippen LogP contribution in [0.25, 0.3) is 0 Å². The Labute approximate surface area is 130 Å². The van der Waals surface area contributed by atoms with Crippen molar-refractivity contribution >= 4 is 37.5 Å². The maximum absolute atomic E-state index is 10.5. The minimum atomic E-state index is -0.914. The molecule has 0 amide bonds. The average Bonchev–Trinajstić information content (AvgIpc) is 2.41. The van der Waals surface area contributed by atoms with E-state index in [4.69, 9.17) is 0 Å². The highest BCUT2D eigenvalue weighted by atomic mass is 79.9. The van der Waals surface area contributed by atoms with E-state index in [9.17, 15) is 5.11 Å². The quantitative estimate of drug-likeness (QED) is 0.811. The second-order valence-electron chi connectivity index (χ2n) is 4.62. The van der Waals surface area contributed by atoms with Crippen LogP contribution in [0.15, 0.2) is 57.5 Å². The molecule has 0 bridgehead atoms. The molecule has 19 heavy (non-hydrogen) atoms. The Balaban J connectivity index is 2.12. The van der Waals surface area contributed by atoms with Gasteiger partial charge in [0.1, 0.15) is 5.60 Å². The summed E-state index contributed by atoms with van der Waals surface area (Å²) in [6, 6.07) is 15.6. The zero-order valence-electron chi connectivity index (χ0n) is 10.5. The first-order valence-corrected chi connectivity index (χ1v) is 7.54. The predicted octanol–water partition coefficient (Wildman–Crippen LogP) is 4.53. The minimum absolute atomic E-state index is 0.437. The third kappa shape index (κ3) is 3.81. The molecule has 2 aromatic rings. The smallest absolute Gasteiger partial charge is 0.104 e. The van der Waals surface area contributed by atoms with E-state index in [-0.39, 0.29) is 0 Å². The molecule has 2 nitrogen and oxygen atoms in total. The first kappa shape index (κ1) is 14.6. The molecule has 1 unspecified atom stereocenters. The maximum Gasteiger partial charge on any atom is 0.104 e. The number of rotatable bonds is 4. The molecule has 0 aromatic heterocycles. The molecule has 0 heterocycles. The number of nitrogens with one attached hydrogen (secondary N) is 1. The van der Waals surface area contributed by atoms with Gasteiger partial charge in [-0.15, -0.1) is 0 Å². The Morgan fingerprint density at radius 1 is 1.11 bits per heavy atom. The molecule has 0 saturated heterocycles. The first-order chi connectivity index (χ1) is 8.99. The van der Waals surface area contributed by atoms with Crippen molar-refractivity contribution in [3.8, 4) is 0 Å². The van der Waals surface area contributed by atoms with Gasteiger partial charge >= 0.3 is 0 Å². The van der Waals surface area contributed by atoms with E-state index in [1.807, 2.05) is 48.5 Å². The van der Waals surface area contributed by atoms with E-state index in [0.717, 1.165) is 20.2 Å². The molecule has 0 saturated carbocycles. The third-order valence-electron chi connectivity index (χ3n) is 2.95. The molecule has 2 aromatic carbocycles. The molecule has 0 fully saturated rings. The van der Waals surface area contributed by atoms with Crippen molar-refractivity contribution in [3.63, 3.8) is 0 Å². The second kappa shape index (κ2) is 6.07. The molecular formula is C15H15Br2NO.